The number of alkyl halides is 9. The first-order valence-corrected chi connectivity index (χ1v) is 5.55. The zero-order valence-electron chi connectivity index (χ0n) is 11.6. The maximum absolute atomic E-state index is 12.7. The van der Waals surface area contributed by atoms with Gasteiger partial charge in [0.15, 0.2) is 0 Å². The standard InChI is InChI=1S/C10H6F9NO5/c1-2(3(5(21)22)20-6(23)9(14,15)16)4(8(11,12)13)25-7(24)10(17,18)19/h4H,1H3,(H,20,23)(H,21,22)/b3-2-/t4-/m0/s1. The number of hydrogen-bond acceptors (Lipinski definition) is 4. The fraction of sp³-hybridized carbons (Fsp3) is 0.500. The Bertz CT molecular complexity index is 587. The zero-order chi connectivity index (χ0) is 20.4. The van der Waals surface area contributed by atoms with Crippen molar-refractivity contribution in [3.63, 3.8) is 0 Å². The largest absolute Gasteiger partial charge is 0.490 e. The average molecular weight is 391 g/mol. The SMILES string of the molecule is C/C(=C(/NC(=O)C(F)(F)F)C(=O)O)[C@H](OC(=O)C(F)(F)F)C(F)(F)F. The average Bonchev–Trinajstić information content (AvgIpc) is 2.36. The van der Waals surface area contributed by atoms with E-state index in [2.05, 4.69) is 4.74 Å². The topological polar surface area (TPSA) is 92.7 Å². The van der Waals surface area contributed by atoms with E-state index in [1.807, 2.05) is 0 Å². The third-order valence-electron chi connectivity index (χ3n) is 2.25. The van der Waals surface area contributed by atoms with Crippen molar-refractivity contribution in [3.05, 3.63) is 11.3 Å². The van der Waals surface area contributed by atoms with Crippen LogP contribution < -0.4 is 5.32 Å². The molecule has 1 atom stereocenters. The van der Waals surface area contributed by atoms with Crippen LogP contribution in [0.4, 0.5) is 39.5 Å². The van der Waals surface area contributed by atoms with Gasteiger partial charge in [-0.1, -0.05) is 0 Å². The summed E-state index contributed by atoms with van der Waals surface area (Å²) in [5.41, 5.74) is -3.88. The number of carbonyl (C=O) groups excluding carboxylic acids is 2. The molecule has 0 rings (SSSR count). The summed E-state index contributed by atoms with van der Waals surface area (Å²) in [6.45, 7) is 0.113. The highest BCUT2D eigenvalue weighted by Crippen LogP contribution is 2.32. The van der Waals surface area contributed by atoms with Crippen molar-refractivity contribution >= 4 is 17.8 Å². The van der Waals surface area contributed by atoms with Gasteiger partial charge in [0.2, 0.25) is 6.10 Å². The van der Waals surface area contributed by atoms with Gasteiger partial charge >= 0.3 is 36.4 Å². The van der Waals surface area contributed by atoms with Crippen LogP contribution in [0.2, 0.25) is 0 Å². The Morgan fingerprint density at radius 2 is 1.36 bits per heavy atom. The number of aliphatic carboxylic acids is 1. The lowest BCUT2D eigenvalue weighted by atomic mass is 10.1. The maximum Gasteiger partial charge on any atom is 0.490 e. The molecule has 0 aliphatic rings. The summed E-state index contributed by atoms with van der Waals surface area (Å²) in [7, 11) is 0. The number of carboxylic acids is 1. The van der Waals surface area contributed by atoms with Crippen LogP contribution in [-0.4, -0.2) is 47.6 Å². The second kappa shape index (κ2) is 7.18. The fourth-order valence-corrected chi connectivity index (χ4v) is 1.21. The summed E-state index contributed by atoms with van der Waals surface area (Å²) in [6.07, 6.45) is -21.3. The molecule has 0 heterocycles. The van der Waals surface area contributed by atoms with E-state index in [1.54, 1.807) is 0 Å². The molecule has 6 nitrogen and oxygen atoms in total. The molecule has 15 heteroatoms. The number of halogens is 9. The molecule has 1 amide bonds. The molecule has 0 spiro atoms. The van der Waals surface area contributed by atoms with E-state index in [4.69, 9.17) is 5.11 Å². The Hall–Kier alpha value is -2.48. The summed E-state index contributed by atoms with van der Waals surface area (Å²) in [5, 5.41) is 9.16. The molecule has 0 unspecified atom stereocenters. The maximum atomic E-state index is 12.7. The van der Waals surface area contributed by atoms with E-state index in [9.17, 15) is 53.9 Å². The van der Waals surface area contributed by atoms with Crippen LogP contribution in [0.25, 0.3) is 0 Å². The summed E-state index contributed by atoms with van der Waals surface area (Å²) in [5.74, 6) is -8.93. The first-order valence-electron chi connectivity index (χ1n) is 5.55. The zero-order valence-corrected chi connectivity index (χ0v) is 11.6. The number of nitrogens with one attached hydrogen (secondary N) is 1. The minimum Gasteiger partial charge on any atom is -0.477 e. The third kappa shape index (κ3) is 6.50. The quantitative estimate of drug-likeness (QED) is 0.435. The number of carbonyl (C=O) groups is 3. The first kappa shape index (κ1) is 22.5. The molecule has 0 aliphatic heterocycles. The molecule has 0 fully saturated rings. The van der Waals surface area contributed by atoms with Crippen molar-refractivity contribution in [1.82, 2.24) is 5.32 Å². The number of amides is 1. The Morgan fingerprint density at radius 1 is 0.920 bits per heavy atom. The highest BCUT2D eigenvalue weighted by Gasteiger charge is 2.51. The van der Waals surface area contributed by atoms with Gasteiger partial charge in [-0.25, -0.2) is 9.59 Å². The van der Waals surface area contributed by atoms with Crippen LogP contribution in [-0.2, 0) is 19.1 Å². The monoisotopic (exact) mass is 391 g/mol. The predicted molar refractivity (Wildman–Crippen MR) is 56.5 cm³/mol. The smallest absolute Gasteiger partial charge is 0.477 e. The molecular formula is C10H6F9NO5. The van der Waals surface area contributed by atoms with E-state index in [0.717, 1.165) is 0 Å². The van der Waals surface area contributed by atoms with Crippen molar-refractivity contribution in [3.8, 4) is 0 Å². The second-order valence-electron chi connectivity index (χ2n) is 4.14. The number of rotatable bonds is 4. The van der Waals surface area contributed by atoms with E-state index >= 15 is 0 Å². The van der Waals surface area contributed by atoms with Crippen molar-refractivity contribution < 1.29 is 63.7 Å². The Morgan fingerprint density at radius 3 is 1.64 bits per heavy atom. The van der Waals surface area contributed by atoms with Gasteiger partial charge in [-0.05, 0) is 6.92 Å². The van der Waals surface area contributed by atoms with Crippen LogP contribution in [0, 0.1) is 0 Å². The number of ether oxygens (including phenoxy) is 1. The molecule has 0 aromatic heterocycles. The van der Waals surface area contributed by atoms with E-state index in [1.165, 1.54) is 0 Å². The molecule has 0 aromatic rings. The van der Waals surface area contributed by atoms with E-state index in [0.29, 0.717) is 5.32 Å². The summed E-state index contributed by atoms with van der Waals surface area (Å²) >= 11 is 0. The Balaban J connectivity index is 6.01. The van der Waals surface area contributed by atoms with Gasteiger partial charge in [0.05, 0.1) is 0 Å². The van der Waals surface area contributed by atoms with Gasteiger partial charge in [0.1, 0.15) is 5.70 Å². The van der Waals surface area contributed by atoms with Gasteiger partial charge in [0, 0.05) is 5.57 Å². The molecule has 0 bridgehead atoms. The number of carboxylic acid groups (broad SMARTS) is 1. The van der Waals surface area contributed by atoms with Crippen molar-refractivity contribution in [2.24, 2.45) is 0 Å². The van der Waals surface area contributed by atoms with Crippen molar-refractivity contribution in [2.45, 2.75) is 31.6 Å². The van der Waals surface area contributed by atoms with Gasteiger partial charge < -0.3 is 15.2 Å². The predicted octanol–water partition coefficient (Wildman–Crippen LogP) is 2.06. The summed E-state index contributed by atoms with van der Waals surface area (Å²) in [6, 6.07) is 0. The fourth-order valence-electron chi connectivity index (χ4n) is 1.21. The van der Waals surface area contributed by atoms with E-state index in [-0.39, 0.29) is 6.92 Å². The summed E-state index contributed by atoms with van der Waals surface area (Å²) < 4.78 is 113. The lowest BCUT2D eigenvalue weighted by molar-refractivity contribution is -0.237. The van der Waals surface area contributed by atoms with Crippen molar-refractivity contribution in [2.75, 3.05) is 0 Å². The molecule has 25 heavy (non-hydrogen) atoms. The van der Waals surface area contributed by atoms with Crippen LogP contribution >= 0.6 is 0 Å². The molecule has 0 radical (unpaired) electrons. The highest BCUT2D eigenvalue weighted by molar-refractivity contribution is 5.95. The normalized spacial score (nSPS) is 15.1. The molecular weight excluding hydrogens is 385 g/mol. The van der Waals surface area contributed by atoms with Gasteiger partial charge in [0.25, 0.3) is 0 Å². The minimum atomic E-state index is -5.90. The van der Waals surface area contributed by atoms with Gasteiger partial charge in [-0.2, -0.15) is 39.5 Å². The molecule has 0 saturated carbocycles. The van der Waals surface area contributed by atoms with Crippen LogP contribution in [0.5, 0.6) is 0 Å². The highest BCUT2D eigenvalue weighted by atomic mass is 19.4. The third-order valence-corrected chi connectivity index (χ3v) is 2.25. The lowest BCUT2D eigenvalue weighted by Gasteiger charge is -2.23. The first-order chi connectivity index (χ1) is 10.9. The molecule has 144 valence electrons. The molecule has 0 aromatic carbocycles. The summed E-state index contributed by atoms with van der Waals surface area (Å²) in [4.78, 5) is 31.9. The lowest BCUT2D eigenvalue weighted by Crippen LogP contribution is -2.43. The Labute approximate surface area is 131 Å². The molecule has 0 saturated heterocycles. The number of esters is 1. The van der Waals surface area contributed by atoms with Gasteiger partial charge in [-0.15, -0.1) is 0 Å². The molecule has 2 N–H and O–H groups in total. The van der Waals surface area contributed by atoms with Gasteiger partial charge in [-0.3, -0.25) is 4.79 Å². The van der Waals surface area contributed by atoms with Crippen molar-refractivity contribution in [1.29, 1.82) is 0 Å². The van der Waals surface area contributed by atoms with Crippen LogP contribution in [0.3, 0.4) is 0 Å². The Kier molecular flexibility index (Phi) is 6.47. The number of hydrogen-bond donors (Lipinski definition) is 2. The van der Waals surface area contributed by atoms with Crippen LogP contribution in [0.1, 0.15) is 6.92 Å². The minimum absolute atomic E-state index is 0.113. The second-order valence-corrected chi connectivity index (χ2v) is 4.14. The van der Waals surface area contributed by atoms with Crippen LogP contribution in [0.15, 0.2) is 11.3 Å². The molecule has 0 aliphatic carbocycles. The van der Waals surface area contributed by atoms with E-state index < -0.39 is 53.7 Å².